The van der Waals surface area contributed by atoms with Crippen LogP contribution in [0, 0.1) is 11.6 Å². The largest absolute Gasteiger partial charge is 0.375 e. The molecule has 1 rings (SSSR count). The lowest BCUT2D eigenvalue weighted by Gasteiger charge is -2.16. The molecule has 1 nitrogen and oxygen atoms in total. The number of hydrogen-bond acceptors (Lipinski definition) is 1. The summed E-state index contributed by atoms with van der Waals surface area (Å²) in [5, 5.41) is 0.475. The summed E-state index contributed by atoms with van der Waals surface area (Å²) in [7, 11) is 3.38. The first-order valence-electron chi connectivity index (χ1n) is 4.42. The quantitative estimate of drug-likeness (QED) is 0.751. The molecule has 1 aromatic carbocycles. The van der Waals surface area contributed by atoms with Gasteiger partial charge in [-0.2, -0.15) is 0 Å². The van der Waals surface area contributed by atoms with E-state index in [1.165, 1.54) is 12.1 Å². The van der Waals surface area contributed by atoms with Gasteiger partial charge >= 0.3 is 0 Å². The Morgan fingerprint density at radius 3 is 2.40 bits per heavy atom. The highest BCUT2D eigenvalue weighted by molar-refractivity contribution is 6.31. The van der Waals surface area contributed by atoms with E-state index in [1.54, 1.807) is 25.9 Å². The summed E-state index contributed by atoms with van der Waals surface area (Å²) in [6, 6.07) is 2.11. The summed E-state index contributed by atoms with van der Waals surface area (Å²) in [5.41, 5.74) is 0.765. The lowest BCUT2D eigenvalue weighted by molar-refractivity contribution is 0.582. The minimum absolute atomic E-state index is 0.330. The van der Waals surface area contributed by atoms with Crippen LogP contribution in [-0.2, 0) is 0 Å². The van der Waals surface area contributed by atoms with E-state index in [0.717, 1.165) is 6.07 Å². The first-order chi connectivity index (χ1) is 6.91. The third kappa shape index (κ3) is 2.93. The van der Waals surface area contributed by atoms with Crippen LogP contribution >= 0.6 is 11.6 Å². The minimum atomic E-state index is -0.609. The van der Waals surface area contributed by atoms with Gasteiger partial charge in [-0.3, -0.25) is 0 Å². The molecule has 0 saturated heterocycles. The zero-order valence-electron chi connectivity index (χ0n) is 8.81. The molecule has 1 aromatic rings. The van der Waals surface area contributed by atoms with Gasteiger partial charge in [0.05, 0.1) is 5.69 Å². The molecule has 0 saturated carbocycles. The summed E-state index contributed by atoms with van der Waals surface area (Å²) in [5.74, 6) is -1.20. The average Bonchev–Trinajstić information content (AvgIpc) is 1.99. The number of rotatable bonds is 2. The first-order valence-corrected chi connectivity index (χ1v) is 4.79. The minimum Gasteiger partial charge on any atom is -0.375 e. The molecule has 0 spiro atoms. The van der Waals surface area contributed by atoms with Gasteiger partial charge in [0.2, 0.25) is 0 Å². The Morgan fingerprint density at radius 1 is 1.33 bits per heavy atom. The third-order valence-electron chi connectivity index (χ3n) is 1.86. The van der Waals surface area contributed by atoms with E-state index in [4.69, 9.17) is 11.6 Å². The fourth-order valence-electron chi connectivity index (χ4n) is 1.38. The Balaban J connectivity index is 3.40. The lowest BCUT2D eigenvalue weighted by Crippen LogP contribution is -2.12. The zero-order chi connectivity index (χ0) is 11.6. The van der Waals surface area contributed by atoms with Crippen LogP contribution in [0.3, 0.4) is 0 Å². The van der Waals surface area contributed by atoms with E-state index in [9.17, 15) is 8.78 Å². The van der Waals surface area contributed by atoms with Crippen molar-refractivity contribution >= 4 is 23.4 Å². The van der Waals surface area contributed by atoms with Crippen molar-refractivity contribution in [3.05, 3.63) is 34.4 Å². The molecule has 0 heterocycles. The van der Waals surface area contributed by atoms with E-state index in [1.807, 2.05) is 0 Å². The van der Waals surface area contributed by atoms with Crippen LogP contribution in [0.15, 0.2) is 17.2 Å². The molecule has 0 aliphatic heterocycles. The van der Waals surface area contributed by atoms with E-state index in [0.29, 0.717) is 16.3 Å². The molecule has 4 heteroatoms. The van der Waals surface area contributed by atoms with Gasteiger partial charge in [-0.1, -0.05) is 11.6 Å². The first kappa shape index (κ1) is 12.0. The average molecular weight is 232 g/mol. The number of benzene rings is 1. The molecular formula is C11H12ClF2N. The maximum atomic E-state index is 13.5. The van der Waals surface area contributed by atoms with Crippen LogP contribution in [0.2, 0.25) is 0 Å². The molecule has 0 amide bonds. The van der Waals surface area contributed by atoms with Crippen LogP contribution in [0.5, 0.6) is 0 Å². The Bertz CT molecular complexity index is 396. The molecule has 0 aliphatic carbocycles. The summed E-state index contributed by atoms with van der Waals surface area (Å²) >= 11 is 5.69. The summed E-state index contributed by atoms with van der Waals surface area (Å²) < 4.78 is 26.4. The van der Waals surface area contributed by atoms with Crippen molar-refractivity contribution in [2.24, 2.45) is 0 Å². The number of hydrogen-bond donors (Lipinski definition) is 0. The molecule has 0 atom stereocenters. The molecule has 0 bridgehead atoms. The van der Waals surface area contributed by atoms with Gasteiger partial charge in [0, 0.05) is 30.8 Å². The van der Waals surface area contributed by atoms with Gasteiger partial charge in [0.25, 0.3) is 0 Å². The van der Waals surface area contributed by atoms with Crippen molar-refractivity contribution in [3.8, 4) is 0 Å². The van der Waals surface area contributed by atoms with Gasteiger partial charge in [0.1, 0.15) is 11.6 Å². The molecule has 0 unspecified atom stereocenters. The molecule has 82 valence electrons. The van der Waals surface area contributed by atoms with Crippen LogP contribution in [0.25, 0.3) is 6.08 Å². The van der Waals surface area contributed by atoms with Crippen LogP contribution in [0.4, 0.5) is 14.5 Å². The van der Waals surface area contributed by atoms with Gasteiger partial charge in [-0.05, 0) is 19.1 Å². The Morgan fingerprint density at radius 2 is 1.93 bits per heavy atom. The Hall–Kier alpha value is -1.09. The normalized spacial score (nSPS) is 11.7. The standard InChI is InChI=1S/C11H12ClF2N/c1-7(12)4-8-5-9(13)6-10(14)11(8)15(2)3/h4-6H,1-3H3/b7-4-. The van der Waals surface area contributed by atoms with Crippen molar-refractivity contribution in [1.29, 1.82) is 0 Å². The second-order valence-electron chi connectivity index (χ2n) is 3.45. The van der Waals surface area contributed by atoms with Crippen molar-refractivity contribution in [1.82, 2.24) is 0 Å². The summed E-state index contributed by atoms with van der Waals surface area (Å²) in [6.07, 6.45) is 1.53. The second kappa shape index (κ2) is 4.62. The van der Waals surface area contributed by atoms with Crippen LogP contribution < -0.4 is 4.90 Å². The molecule has 0 aromatic heterocycles. The van der Waals surface area contributed by atoms with Crippen molar-refractivity contribution < 1.29 is 8.78 Å². The topological polar surface area (TPSA) is 3.24 Å². The Kier molecular flexibility index (Phi) is 3.69. The fraction of sp³-hybridized carbons (Fsp3) is 0.273. The number of halogens is 3. The molecule has 0 radical (unpaired) electrons. The fourth-order valence-corrected chi connectivity index (χ4v) is 1.50. The van der Waals surface area contributed by atoms with E-state index in [2.05, 4.69) is 0 Å². The smallest absolute Gasteiger partial charge is 0.150 e. The van der Waals surface area contributed by atoms with Gasteiger partial charge in [-0.25, -0.2) is 8.78 Å². The van der Waals surface area contributed by atoms with Crippen molar-refractivity contribution in [2.75, 3.05) is 19.0 Å². The van der Waals surface area contributed by atoms with Crippen molar-refractivity contribution in [3.63, 3.8) is 0 Å². The van der Waals surface area contributed by atoms with Crippen LogP contribution in [0.1, 0.15) is 12.5 Å². The maximum absolute atomic E-state index is 13.5. The number of nitrogens with zero attached hydrogens (tertiary/aromatic N) is 1. The summed E-state index contributed by atoms with van der Waals surface area (Å²) in [6.45, 7) is 1.66. The molecule has 0 fully saturated rings. The Labute approximate surface area is 93.0 Å². The zero-order valence-corrected chi connectivity index (χ0v) is 9.57. The monoisotopic (exact) mass is 231 g/mol. The van der Waals surface area contributed by atoms with E-state index < -0.39 is 11.6 Å². The third-order valence-corrected chi connectivity index (χ3v) is 1.97. The highest BCUT2D eigenvalue weighted by Gasteiger charge is 2.11. The predicted molar refractivity (Wildman–Crippen MR) is 60.2 cm³/mol. The summed E-state index contributed by atoms with van der Waals surface area (Å²) in [4.78, 5) is 1.58. The SMILES string of the molecule is C/C(Cl)=C/c1cc(F)cc(F)c1N(C)C. The van der Waals surface area contributed by atoms with Gasteiger partial charge in [-0.15, -0.1) is 0 Å². The molecule has 0 N–H and O–H groups in total. The van der Waals surface area contributed by atoms with Crippen molar-refractivity contribution in [2.45, 2.75) is 6.92 Å². The van der Waals surface area contributed by atoms with E-state index in [-0.39, 0.29) is 0 Å². The second-order valence-corrected chi connectivity index (χ2v) is 4.05. The predicted octanol–water partition coefficient (Wildman–Crippen LogP) is 3.63. The molecule has 15 heavy (non-hydrogen) atoms. The van der Waals surface area contributed by atoms with E-state index >= 15 is 0 Å². The number of anilines is 1. The van der Waals surface area contributed by atoms with Gasteiger partial charge < -0.3 is 4.90 Å². The molecular weight excluding hydrogens is 220 g/mol. The van der Waals surface area contributed by atoms with Gasteiger partial charge in [0.15, 0.2) is 0 Å². The van der Waals surface area contributed by atoms with Crippen LogP contribution in [-0.4, -0.2) is 14.1 Å². The highest BCUT2D eigenvalue weighted by Crippen LogP contribution is 2.26. The molecule has 0 aliphatic rings. The maximum Gasteiger partial charge on any atom is 0.150 e. The number of allylic oxidation sites excluding steroid dienone is 1. The lowest BCUT2D eigenvalue weighted by atomic mass is 10.1. The highest BCUT2D eigenvalue weighted by atomic mass is 35.5.